The molecule has 0 saturated carbocycles. The molecule has 3 rings (SSSR count). The molecular formula is C18H23N3O3. The lowest BCUT2D eigenvalue weighted by Gasteiger charge is -2.31. The second-order valence-corrected chi connectivity index (χ2v) is 6.24. The van der Waals surface area contributed by atoms with E-state index in [-0.39, 0.29) is 18.4 Å². The Kier molecular flexibility index (Phi) is 4.85. The summed E-state index contributed by atoms with van der Waals surface area (Å²) in [6.07, 6.45) is 1.97. The van der Waals surface area contributed by atoms with Gasteiger partial charge in [-0.2, -0.15) is 5.10 Å². The molecule has 0 N–H and O–H groups in total. The first kappa shape index (κ1) is 16.5. The zero-order valence-corrected chi connectivity index (χ0v) is 14.4. The zero-order chi connectivity index (χ0) is 17.1. The second kappa shape index (κ2) is 7.05. The Hall–Kier alpha value is -2.34. The second-order valence-electron chi connectivity index (χ2n) is 6.24. The molecule has 6 nitrogen and oxygen atoms in total. The van der Waals surface area contributed by atoms with Gasteiger partial charge in [-0.15, -0.1) is 0 Å². The summed E-state index contributed by atoms with van der Waals surface area (Å²) in [6, 6.07) is 7.70. The highest BCUT2D eigenvalue weighted by molar-refractivity contribution is 5.78. The molecule has 1 aromatic carbocycles. The molecule has 1 aliphatic heterocycles. The molecule has 0 radical (unpaired) electrons. The summed E-state index contributed by atoms with van der Waals surface area (Å²) in [5.74, 6) is 0.788. The van der Waals surface area contributed by atoms with E-state index in [1.807, 2.05) is 49.3 Å². The molecule has 1 aliphatic rings. The van der Waals surface area contributed by atoms with Gasteiger partial charge in [-0.05, 0) is 19.1 Å². The van der Waals surface area contributed by atoms with Gasteiger partial charge in [-0.25, -0.2) is 0 Å². The average molecular weight is 329 g/mol. The van der Waals surface area contributed by atoms with E-state index in [1.54, 1.807) is 11.8 Å². The molecule has 1 aromatic heterocycles. The first-order valence-electron chi connectivity index (χ1n) is 8.05. The summed E-state index contributed by atoms with van der Waals surface area (Å²) < 4.78 is 12.7. The number of carbonyl (C=O) groups excluding carboxylic acids is 1. The molecule has 0 spiro atoms. The van der Waals surface area contributed by atoms with Crippen LogP contribution in [0.15, 0.2) is 30.5 Å². The molecule has 1 unspecified atom stereocenters. The molecule has 128 valence electrons. The lowest BCUT2D eigenvalue weighted by atomic mass is 9.97. The smallest absolute Gasteiger partial charge is 0.260 e. The van der Waals surface area contributed by atoms with Crippen LogP contribution in [0.3, 0.4) is 0 Å². The highest BCUT2D eigenvalue weighted by Gasteiger charge is 2.30. The van der Waals surface area contributed by atoms with Crippen molar-refractivity contribution in [1.82, 2.24) is 14.7 Å². The molecule has 2 aromatic rings. The van der Waals surface area contributed by atoms with E-state index in [0.29, 0.717) is 25.4 Å². The van der Waals surface area contributed by atoms with Gasteiger partial charge in [0.05, 0.1) is 12.3 Å². The zero-order valence-electron chi connectivity index (χ0n) is 14.4. The van der Waals surface area contributed by atoms with Crippen LogP contribution >= 0.6 is 0 Å². The number of aryl methyl sites for hydroxylation is 2. The normalized spacial score (nSPS) is 16.8. The third-order valence-corrected chi connectivity index (χ3v) is 4.23. The number of rotatable bonds is 5. The quantitative estimate of drug-likeness (QED) is 0.840. The minimum absolute atomic E-state index is 0.0221. The van der Waals surface area contributed by atoms with Gasteiger partial charge in [0, 0.05) is 44.9 Å². The predicted octanol–water partition coefficient (Wildman–Crippen LogP) is 1.88. The van der Waals surface area contributed by atoms with Gasteiger partial charge in [0.2, 0.25) is 0 Å². The molecule has 1 atom stereocenters. The van der Waals surface area contributed by atoms with Crippen LogP contribution in [-0.4, -0.2) is 47.5 Å². The van der Waals surface area contributed by atoms with Crippen LogP contribution in [0.5, 0.6) is 5.75 Å². The fourth-order valence-electron chi connectivity index (χ4n) is 3.04. The van der Waals surface area contributed by atoms with Gasteiger partial charge in [-0.1, -0.05) is 17.7 Å². The summed E-state index contributed by atoms with van der Waals surface area (Å²) in [4.78, 5) is 14.4. The monoisotopic (exact) mass is 329 g/mol. The van der Waals surface area contributed by atoms with E-state index in [1.165, 1.54) is 0 Å². The van der Waals surface area contributed by atoms with E-state index in [0.717, 1.165) is 16.8 Å². The van der Waals surface area contributed by atoms with Crippen molar-refractivity contribution in [2.45, 2.75) is 19.4 Å². The maximum absolute atomic E-state index is 12.5. The SMILES string of the molecule is COCC1CN(C(=O)COc2ccc(C)cc2)Cc2cn(C)nc21. The summed E-state index contributed by atoms with van der Waals surface area (Å²) in [7, 11) is 3.57. The number of carbonyl (C=O) groups is 1. The van der Waals surface area contributed by atoms with E-state index < -0.39 is 0 Å². The van der Waals surface area contributed by atoms with E-state index in [4.69, 9.17) is 9.47 Å². The van der Waals surface area contributed by atoms with Gasteiger partial charge in [0.1, 0.15) is 5.75 Å². The number of methoxy groups -OCH3 is 1. The van der Waals surface area contributed by atoms with Crippen LogP contribution in [0, 0.1) is 6.92 Å². The number of hydrogen-bond donors (Lipinski definition) is 0. The predicted molar refractivity (Wildman–Crippen MR) is 89.9 cm³/mol. The number of ether oxygens (including phenoxy) is 2. The Morgan fingerprint density at radius 3 is 2.79 bits per heavy atom. The van der Waals surface area contributed by atoms with Gasteiger partial charge in [-0.3, -0.25) is 9.48 Å². The molecule has 0 bridgehead atoms. The molecule has 24 heavy (non-hydrogen) atoms. The fraction of sp³-hybridized carbons (Fsp3) is 0.444. The number of benzene rings is 1. The van der Waals surface area contributed by atoms with Crippen LogP contribution < -0.4 is 4.74 Å². The third kappa shape index (κ3) is 3.59. The van der Waals surface area contributed by atoms with Crippen molar-refractivity contribution in [1.29, 1.82) is 0 Å². The summed E-state index contributed by atoms with van der Waals surface area (Å²) in [5, 5.41) is 4.51. The Bertz CT molecular complexity index is 709. The fourth-order valence-corrected chi connectivity index (χ4v) is 3.04. The number of aromatic nitrogens is 2. The topological polar surface area (TPSA) is 56.6 Å². The minimum Gasteiger partial charge on any atom is -0.484 e. The summed E-state index contributed by atoms with van der Waals surface area (Å²) in [5.41, 5.74) is 3.27. The summed E-state index contributed by atoms with van der Waals surface area (Å²) >= 11 is 0. The van der Waals surface area contributed by atoms with E-state index in [9.17, 15) is 4.79 Å². The van der Waals surface area contributed by atoms with E-state index >= 15 is 0 Å². The molecule has 0 aliphatic carbocycles. The van der Waals surface area contributed by atoms with Gasteiger partial charge >= 0.3 is 0 Å². The Labute approximate surface area is 142 Å². The largest absolute Gasteiger partial charge is 0.484 e. The first-order valence-corrected chi connectivity index (χ1v) is 8.05. The maximum atomic E-state index is 12.5. The average Bonchev–Trinajstić information content (AvgIpc) is 2.95. The Morgan fingerprint density at radius 1 is 1.33 bits per heavy atom. The molecular weight excluding hydrogens is 306 g/mol. The number of nitrogens with zero attached hydrogens (tertiary/aromatic N) is 3. The molecule has 6 heteroatoms. The number of amides is 1. The maximum Gasteiger partial charge on any atom is 0.260 e. The number of fused-ring (bicyclic) bond motifs is 1. The Morgan fingerprint density at radius 2 is 2.08 bits per heavy atom. The third-order valence-electron chi connectivity index (χ3n) is 4.23. The Balaban J connectivity index is 1.65. The lowest BCUT2D eigenvalue weighted by Crippen LogP contribution is -2.41. The van der Waals surface area contributed by atoms with Crippen molar-refractivity contribution in [3.8, 4) is 5.75 Å². The first-order chi connectivity index (χ1) is 11.6. The lowest BCUT2D eigenvalue weighted by molar-refractivity contribution is -0.134. The minimum atomic E-state index is -0.0221. The van der Waals surface area contributed by atoms with Crippen LogP contribution in [0.4, 0.5) is 0 Å². The van der Waals surface area contributed by atoms with Crippen molar-refractivity contribution in [2.75, 3.05) is 26.9 Å². The van der Waals surface area contributed by atoms with Crippen LogP contribution in [0.1, 0.15) is 22.7 Å². The van der Waals surface area contributed by atoms with Crippen LogP contribution in [0.2, 0.25) is 0 Å². The van der Waals surface area contributed by atoms with Crippen LogP contribution in [-0.2, 0) is 23.1 Å². The number of hydrogen-bond acceptors (Lipinski definition) is 4. The van der Waals surface area contributed by atoms with Crippen molar-refractivity contribution >= 4 is 5.91 Å². The molecule has 2 heterocycles. The standard InChI is InChI=1S/C18H23N3O3/c1-13-4-6-16(7-5-13)24-12-17(22)21-9-14-8-20(2)19-18(14)15(10-21)11-23-3/h4-8,15H,9-12H2,1-3H3. The molecule has 0 saturated heterocycles. The van der Waals surface area contributed by atoms with Crippen LogP contribution in [0.25, 0.3) is 0 Å². The highest BCUT2D eigenvalue weighted by Crippen LogP contribution is 2.27. The van der Waals surface area contributed by atoms with E-state index in [2.05, 4.69) is 5.10 Å². The van der Waals surface area contributed by atoms with Crippen molar-refractivity contribution in [3.05, 3.63) is 47.3 Å². The van der Waals surface area contributed by atoms with Gasteiger partial charge in [0.25, 0.3) is 5.91 Å². The highest BCUT2D eigenvalue weighted by atomic mass is 16.5. The van der Waals surface area contributed by atoms with Gasteiger partial charge < -0.3 is 14.4 Å². The van der Waals surface area contributed by atoms with Gasteiger partial charge in [0.15, 0.2) is 6.61 Å². The van der Waals surface area contributed by atoms with Crippen molar-refractivity contribution in [3.63, 3.8) is 0 Å². The van der Waals surface area contributed by atoms with Crippen molar-refractivity contribution < 1.29 is 14.3 Å². The molecule has 1 amide bonds. The molecule has 0 fully saturated rings. The summed E-state index contributed by atoms with van der Waals surface area (Å²) in [6.45, 7) is 3.78. The van der Waals surface area contributed by atoms with Crippen molar-refractivity contribution in [2.24, 2.45) is 7.05 Å².